The minimum atomic E-state index is -2.89. The maximum atomic E-state index is 11.6. The summed E-state index contributed by atoms with van der Waals surface area (Å²) in [4.78, 5) is 9.07. The average molecular weight is 394 g/mol. The van der Waals surface area contributed by atoms with E-state index in [0.717, 1.165) is 32.7 Å². The molecule has 0 bridgehead atoms. The molecular formula is C19H31N5O2S. The van der Waals surface area contributed by atoms with Crippen molar-refractivity contribution in [1.82, 2.24) is 20.4 Å². The molecule has 0 radical (unpaired) electrons. The third-order valence-electron chi connectivity index (χ3n) is 5.28. The Hall–Kier alpha value is -1.64. The Morgan fingerprint density at radius 3 is 2.41 bits per heavy atom. The summed E-state index contributed by atoms with van der Waals surface area (Å²) in [6.07, 6.45) is 0.643. The number of piperazine rings is 1. The van der Waals surface area contributed by atoms with E-state index in [-0.39, 0.29) is 17.5 Å². The lowest BCUT2D eigenvalue weighted by Gasteiger charge is -2.32. The zero-order chi connectivity index (χ0) is 19.3. The van der Waals surface area contributed by atoms with E-state index in [0.29, 0.717) is 18.9 Å². The molecule has 1 atom stereocenters. The van der Waals surface area contributed by atoms with Crippen LogP contribution in [0, 0.1) is 0 Å². The molecule has 8 heteroatoms. The Labute approximate surface area is 162 Å². The summed E-state index contributed by atoms with van der Waals surface area (Å²) in [6, 6.07) is 8.62. The summed E-state index contributed by atoms with van der Waals surface area (Å²) >= 11 is 0. The summed E-state index contributed by atoms with van der Waals surface area (Å²) in [5.74, 6) is 1.10. The van der Waals surface area contributed by atoms with E-state index in [1.54, 1.807) is 7.05 Å². The van der Waals surface area contributed by atoms with Crippen LogP contribution in [0.2, 0.25) is 0 Å². The fourth-order valence-electron chi connectivity index (χ4n) is 3.51. The van der Waals surface area contributed by atoms with E-state index >= 15 is 0 Å². The lowest BCUT2D eigenvalue weighted by Crippen LogP contribution is -2.44. The minimum absolute atomic E-state index is 0.0489. The third-order valence-corrected chi connectivity index (χ3v) is 7.05. The number of likely N-dealkylation sites (N-methyl/N-ethyl adjacent to an activating group) is 1. The van der Waals surface area contributed by atoms with Gasteiger partial charge in [0.2, 0.25) is 0 Å². The molecule has 0 saturated carbocycles. The molecule has 7 nitrogen and oxygen atoms in total. The molecule has 27 heavy (non-hydrogen) atoms. The highest BCUT2D eigenvalue weighted by atomic mass is 32.2. The van der Waals surface area contributed by atoms with Crippen molar-refractivity contribution >= 4 is 15.8 Å². The van der Waals surface area contributed by atoms with E-state index in [1.165, 1.54) is 11.1 Å². The summed E-state index contributed by atoms with van der Waals surface area (Å²) in [7, 11) is 0.992. The van der Waals surface area contributed by atoms with Crippen molar-refractivity contribution in [3.05, 3.63) is 35.4 Å². The second-order valence-corrected chi connectivity index (χ2v) is 9.79. The average Bonchev–Trinajstić information content (AvgIpc) is 3.00. The molecule has 1 unspecified atom stereocenters. The summed E-state index contributed by atoms with van der Waals surface area (Å²) in [5.41, 5.74) is 2.51. The molecule has 2 aliphatic rings. The number of nitrogens with one attached hydrogen (secondary N) is 2. The number of hydrogen-bond donors (Lipinski definition) is 2. The van der Waals surface area contributed by atoms with Crippen molar-refractivity contribution in [2.24, 2.45) is 4.99 Å². The van der Waals surface area contributed by atoms with Crippen LogP contribution in [0.4, 0.5) is 0 Å². The van der Waals surface area contributed by atoms with E-state index in [2.05, 4.69) is 56.7 Å². The maximum Gasteiger partial charge on any atom is 0.191 e. The summed E-state index contributed by atoms with van der Waals surface area (Å²) in [6.45, 7) is 6.18. The number of aliphatic imine (C=N–C) groups is 1. The molecule has 0 spiro atoms. The first-order valence-corrected chi connectivity index (χ1v) is 11.4. The van der Waals surface area contributed by atoms with Crippen LogP contribution in [0.15, 0.2) is 29.3 Å². The molecule has 1 aromatic rings. The van der Waals surface area contributed by atoms with Crippen molar-refractivity contribution in [3.63, 3.8) is 0 Å². The van der Waals surface area contributed by atoms with Crippen LogP contribution in [-0.2, 0) is 22.9 Å². The minimum Gasteiger partial charge on any atom is -0.353 e. The van der Waals surface area contributed by atoms with Crippen molar-refractivity contribution in [2.75, 3.05) is 51.8 Å². The van der Waals surface area contributed by atoms with Crippen LogP contribution in [0.1, 0.15) is 17.5 Å². The monoisotopic (exact) mass is 393 g/mol. The second kappa shape index (κ2) is 9.03. The first kappa shape index (κ1) is 20.1. The number of benzene rings is 1. The van der Waals surface area contributed by atoms with E-state index in [9.17, 15) is 8.42 Å². The second-order valence-electron chi connectivity index (χ2n) is 7.57. The van der Waals surface area contributed by atoms with Gasteiger partial charge in [0, 0.05) is 52.4 Å². The largest absolute Gasteiger partial charge is 0.353 e. The standard InChI is InChI=1S/C19H31N5O2S/c1-20-19(22-18-7-12-27(25,26)15-18)21-13-16-3-5-17(6-4-16)14-24-10-8-23(2)9-11-24/h3-6,18H,7-15H2,1-2H3,(H2,20,21,22). The Kier molecular flexibility index (Phi) is 6.73. The zero-order valence-corrected chi connectivity index (χ0v) is 17.1. The van der Waals surface area contributed by atoms with E-state index in [4.69, 9.17) is 0 Å². The topological polar surface area (TPSA) is 77.0 Å². The van der Waals surface area contributed by atoms with E-state index < -0.39 is 9.84 Å². The van der Waals surface area contributed by atoms with Gasteiger partial charge in [0.1, 0.15) is 0 Å². The zero-order valence-electron chi connectivity index (χ0n) is 16.3. The van der Waals surface area contributed by atoms with Gasteiger partial charge in [0.15, 0.2) is 15.8 Å². The Morgan fingerprint density at radius 2 is 1.81 bits per heavy atom. The normalized spacial score (nSPS) is 24.1. The van der Waals surface area contributed by atoms with Crippen LogP contribution in [0.25, 0.3) is 0 Å². The van der Waals surface area contributed by atoms with Gasteiger partial charge in [-0.2, -0.15) is 0 Å². The molecule has 2 fully saturated rings. The van der Waals surface area contributed by atoms with Gasteiger partial charge in [0.05, 0.1) is 11.5 Å². The molecule has 3 rings (SSSR count). The van der Waals surface area contributed by atoms with Gasteiger partial charge in [-0.15, -0.1) is 0 Å². The molecular weight excluding hydrogens is 362 g/mol. The SMILES string of the molecule is CN=C(NCc1ccc(CN2CCN(C)CC2)cc1)NC1CCS(=O)(=O)C1. The van der Waals surface area contributed by atoms with Crippen LogP contribution >= 0.6 is 0 Å². The highest BCUT2D eigenvalue weighted by Gasteiger charge is 2.28. The highest BCUT2D eigenvalue weighted by Crippen LogP contribution is 2.12. The van der Waals surface area contributed by atoms with Crippen LogP contribution in [-0.4, -0.2) is 82.0 Å². The highest BCUT2D eigenvalue weighted by molar-refractivity contribution is 7.91. The first-order chi connectivity index (χ1) is 12.9. The van der Waals surface area contributed by atoms with Crippen LogP contribution in [0.5, 0.6) is 0 Å². The third kappa shape index (κ3) is 6.19. The van der Waals surface area contributed by atoms with Crippen molar-refractivity contribution in [1.29, 1.82) is 0 Å². The Bertz CT molecular complexity index is 740. The number of nitrogens with zero attached hydrogens (tertiary/aromatic N) is 3. The smallest absolute Gasteiger partial charge is 0.191 e. The molecule has 0 aliphatic carbocycles. The lowest BCUT2D eigenvalue weighted by atomic mass is 10.1. The van der Waals surface area contributed by atoms with Crippen molar-refractivity contribution in [3.8, 4) is 0 Å². The maximum absolute atomic E-state index is 11.6. The van der Waals surface area contributed by atoms with Gasteiger partial charge < -0.3 is 15.5 Å². The molecule has 2 heterocycles. The van der Waals surface area contributed by atoms with Crippen LogP contribution < -0.4 is 10.6 Å². The molecule has 2 N–H and O–H groups in total. The van der Waals surface area contributed by atoms with Gasteiger partial charge in [0.25, 0.3) is 0 Å². The molecule has 1 aromatic carbocycles. The fraction of sp³-hybridized carbons (Fsp3) is 0.632. The van der Waals surface area contributed by atoms with Crippen molar-refractivity contribution < 1.29 is 8.42 Å². The van der Waals surface area contributed by atoms with Gasteiger partial charge in [-0.1, -0.05) is 24.3 Å². The van der Waals surface area contributed by atoms with Gasteiger partial charge in [-0.05, 0) is 24.6 Å². The molecule has 2 aliphatic heterocycles. The lowest BCUT2D eigenvalue weighted by molar-refractivity contribution is 0.148. The molecule has 0 aromatic heterocycles. The van der Waals surface area contributed by atoms with Gasteiger partial charge in [-0.25, -0.2) is 8.42 Å². The predicted octanol–water partition coefficient (Wildman–Crippen LogP) is 0.286. The molecule has 0 amide bonds. The van der Waals surface area contributed by atoms with Crippen molar-refractivity contribution in [2.45, 2.75) is 25.6 Å². The fourth-order valence-corrected chi connectivity index (χ4v) is 5.18. The first-order valence-electron chi connectivity index (χ1n) is 9.60. The number of hydrogen-bond acceptors (Lipinski definition) is 5. The molecule has 2 saturated heterocycles. The molecule has 150 valence electrons. The van der Waals surface area contributed by atoms with Gasteiger partial charge in [-0.3, -0.25) is 9.89 Å². The Balaban J connectivity index is 1.45. The summed E-state index contributed by atoms with van der Waals surface area (Å²) in [5, 5.41) is 6.48. The van der Waals surface area contributed by atoms with E-state index in [1.807, 2.05) is 0 Å². The summed E-state index contributed by atoms with van der Waals surface area (Å²) < 4.78 is 23.1. The number of guanidine groups is 1. The quantitative estimate of drug-likeness (QED) is 0.553. The Morgan fingerprint density at radius 1 is 1.15 bits per heavy atom. The van der Waals surface area contributed by atoms with Gasteiger partial charge >= 0.3 is 0 Å². The number of rotatable bonds is 5. The number of sulfone groups is 1. The van der Waals surface area contributed by atoms with Crippen LogP contribution in [0.3, 0.4) is 0 Å². The predicted molar refractivity (Wildman–Crippen MR) is 110 cm³/mol.